The molecule has 1 N–H and O–H groups in total. The molecule has 3 aromatic carbocycles. The number of nitrogens with one attached hydrogen (secondary N) is 1. The van der Waals surface area contributed by atoms with Crippen LogP contribution in [0.5, 0.6) is 5.75 Å². The van der Waals surface area contributed by atoms with E-state index >= 15 is 0 Å². The Morgan fingerprint density at radius 2 is 1.68 bits per heavy atom. The molecule has 3 rings (SSSR count). The van der Waals surface area contributed by atoms with Gasteiger partial charge in [-0.2, -0.15) is 0 Å². The predicted octanol–water partition coefficient (Wildman–Crippen LogP) is 4.13. The van der Waals surface area contributed by atoms with E-state index in [0.29, 0.717) is 24.3 Å². The number of nitro groups is 1. The number of non-ortho nitro benzene ring substituents is 1. The Hall–Kier alpha value is -4.45. The monoisotopic (exact) mass is 582 g/mol. The van der Waals surface area contributed by atoms with Crippen LogP contribution in [-0.2, 0) is 26.2 Å². The van der Waals surface area contributed by atoms with Crippen LogP contribution in [0.15, 0.2) is 83.8 Å². The summed E-state index contributed by atoms with van der Waals surface area (Å²) in [5.74, 6) is -0.403. The van der Waals surface area contributed by atoms with E-state index in [1.54, 1.807) is 49.4 Å². The first kappa shape index (κ1) is 31.1. The summed E-state index contributed by atoms with van der Waals surface area (Å²) in [6, 6.07) is 18.7. The summed E-state index contributed by atoms with van der Waals surface area (Å²) in [4.78, 5) is 39.1. The van der Waals surface area contributed by atoms with Crippen molar-refractivity contribution < 1.29 is 27.7 Å². The standard InChI is InChI=1S/C29H34N4O7S/c1-4-18-30-29(35)27(5-2)31(20-22-10-9-11-25(19-22)40-3)28(34)21-32(23-14-16-24(17-15-23)33(36)37)41(38,39)26-12-7-6-8-13-26/h6-17,19,27H,4-5,18,20-21H2,1-3H3,(H,30,35)/t27-/m0/s1. The molecule has 11 nitrogen and oxygen atoms in total. The van der Waals surface area contributed by atoms with Crippen LogP contribution < -0.4 is 14.4 Å². The number of methoxy groups -OCH3 is 1. The molecule has 2 amide bonds. The molecule has 3 aromatic rings. The van der Waals surface area contributed by atoms with Crippen LogP contribution in [0.3, 0.4) is 0 Å². The molecule has 41 heavy (non-hydrogen) atoms. The molecule has 0 saturated carbocycles. The maximum Gasteiger partial charge on any atom is 0.269 e. The van der Waals surface area contributed by atoms with Crippen molar-refractivity contribution in [3.63, 3.8) is 0 Å². The van der Waals surface area contributed by atoms with Gasteiger partial charge in [-0.25, -0.2) is 8.42 Å². The van der Waals surface area contributed by atoms with Gasteiger partial charge >= 0.3 is 0 Å². The maximum atomic E-state index is 14.0. The average Bonchev–Trinajstić information content (AvgIpc) is 2.99. The Morgan fingerprint density at radius 1 is 1.00 bits per heavy atom. The van der Waals surface area contributed by atoms with E-state index in [0.717, 1.165) is 4.31 Å². The van der Waals surface area contributed by atoms with E-state index in [1.165, 1.54) is 48.4 Å². The Morgan fingerprint density at radius 3 is 2.27 bits per heavy atom. The first-order valence-electron chi connectivity index (χ1n) is 13.1. The molecule has 0 spiro atoms. The highest BCUT2D eigenvalue weighted by Gasteiger charge is 2.33. The number of nitrogens with zero attached hydrogens (tertiary/aromatic N) is 3. The van der Waals surface area contributed by atoms with Crippen LogP contribution in [0.4, 0.5) is 11.4 Å². The number of anilines is 1. The van der Waals surface area contributed by atoms with Gasteiger partial charge in [0.2, 0.25) is 11.8 Å². The lowest BCUT2D eigenvalue weighted by Gasteiger charge is -2.33. The van der Waals surface area contributed by atoms with Crippen LogP contribution in [0, 0.1) is 10.1 Å². The zero-order valence-electron chi connectivity index (χ0n) is 23.2. The fourth-order valence-corrected chi connectivity index (χ4v) is 5.68. The largest absolute Gasteiger partial charge is 0.497 e. The van der Waals surface area contributed by atoms with Crippen molar-refractivity contribution in [2.24, 2.45) is 0 Å². The number of hydrogen-bond donors (Lipinski definition) is 1. The van der Waals surface area contributed by atoms with Gasteiger partial charge in [-0.3, -0.25) is 24.0 Å². The van der Waals surface area contributed by atoms with Crippen LogP contribution >= 0.6 is 0 Å². The lowest BCUT2D eigenvalue weighted by Crippen LogP contribution is -2.52. The molecular weight excluding hydrogens is 548 g/mol. The van der Waals surface area contributed by atoms with Gasteiger partial charge in [0.25, 0.3) is 15.7 Å². The molecule has 1 atom stereocenters. The molecule has 0 aliphatic heterocycles. The molecule has 0 aliphatic carbocycles. The zero-order chi connectivity index (χ0) is 30.0. The third kappa shape index (κ3) is 7.82. The van der Waals surface area contributed by atoms with E-state index in [1.807, 2.05) is 6.92 Å². The summed E-state index contributed by atoms with van der Waals surface area (Å²) in [7, 11) is -2.75. The molecule has 0 fully saturated rings. The van der Waals surface area contributed by atoms with Gasteiger partial charge in [-0.15, -0.1) is 0 Å². The second kappa shape index (κ2) is 14.3. The number of nitro benzene ring substituents is 1. The van der Waals surface area contributed by atoms with E-state index < -0.39 is 33.4 Å². The summed E-state index contributed by atoms with van der Waals surface area (Å²) in [6.07, 6.45) is 0.990. The molecule has 0 saturated heterocycles. The zero-order valence-corrected chi connectivity index (χ0v) is 24.0. The van der Waals surface area contributed by atoms with Crippen molar-refractivity contribution in [3.8, 4) is 5.75 Å². The van der Waals surface area contributed by atoms with Gasteiger partial charge in [-0.1, -0.05) is 44.2 Å². The van der Waals surface area contributed by atoms with E-state index in [-0.39, 0.29) is 35.1 Å². The van der Waals surface area contributed by atoms with E-state index in [9.17, 15) is 28.1 Å². The minimum absolute atomic E-state index is 0.0214. The number of sulfonamides is 1. The molecule has 0 unspecified atom stereocenters. The molecule has 0 radical (unpaired) electrons. The van der Waals surface area contributed by atoms with Crippen LogP contribution in [-0.4, -0.2) is 56.3 Å². The normalized spacial score (nSPS) is 11.8. The second-order valence-electron chi connectivity index (χ2n) is 9.19. The van der Waals surface area contributed by atoms with Crippen molar-refractivity contribution in [1.82, 2.24) is 10.2 Å². The highest BCUT2D eigenvalue weighted by Crippen LogP contribution is 2.27. The number of carbonyl (C=O) groups is 2. The first-order chi connectivity index (χ1) is 19.6. The van der Waals surface area contributed by atoms with Gasteiger partial charge in [-0.05, 0) is 54.8 Å². The van der Waals surface area contributed by atoms with E-state index in [2.05, 4.69) is 5.32 Å². The number of benzene rings is 3. The van der Waals surface area contributed by atoms with Crippen LogP contribution in [0.2, 0.25) is 0 Å². The first-order valence-corrected chi connectivity index (χ1v) is 14.6. The summed E-state index contributed by atoms with van der Waals surface area (Å²) >= 11 is 0. The highest BCUT2D eigenvalue weighted by molar-refractivity contribution is 7.92. The topological polar surface area (TPSA) is 139 Å². The minimum Gasteiger partial charge on any atom is -0.497 e. The number of carbonyl (C=O) groups excluding carboxylic acids is 2. The summed E-state index contributed by atoms with van der Waals surface area (Å²) in [5.41, 5.74) is 0.528. The molecule has 0 bridgehead atoms. The number of ether oxygens (including phenoxy) is 1. The number of amides is 2. The smallest absolute Gasteiger partial charge is 0.269 e. The van der Waals surface area contributed by atoms with Gasteiger partial charge in [0, 0.05) is 25.2 Å². The number of rotatable bonds is 14. The molecule has 218 valence electrons. The fourth-order valence-electron chi connectivity index (χ4n) is 4.24. The maximum absolute atomic E-state index is 14.0. The summed E-state index contributed by atoms with van der Waals surface area (Å²) in [6.45, 7) is 3.49. The second-order valence-corrected chi connectivity index (χ2v) is 11.0. The van der Waals surface area contributed by atoms with E-state index in [4.69, 9.17) is 4.74 Å². The van der Waals surface area contributed by atoms with Crippen molar-refractivity contribution in [3.05, 3.63) is 94.5 Å². The number of hydrogen-bond acceptors (Lipinski definition) is 7. The fraction of sp³-hybridized carbons (Fsp3) is 0.310. The third-order valence-corrected chi connectivity index (χ3v) is 8.17. The van der Waals surface area contributed by atoms with Crippen LogP contribution in [0.1, 0.15) is 32.3 Å². The molecule has 0 aromatic heterocycles. The third-order valence-electron chi connectivity index (χ3n) is 6.38. The Balaban J connectivity index is 2.06. The molecule has 0 heterocycles. The molecular formula is C29H34N4O7S. The van der Waals surface area contributed by atoms with Crippen molar-refractivity contribution in [2.45, 2.75) is 44.2 Å². The highest BCUT2D eigenvalue weighted by atomic mass is 32.2. The van der Waals surface area contributed by atoms with Crippen molar-refractivity contribution in [2.75, 3.05) is 24.5 Å². The van der Waals surface area contributed by atoms with Gasteiger partial charge < -0.3 is 15.0 Å². The lowest BCUT2D eigenvalue weighted by atomic mass is 10.1. The predicted molar refractivity (Wildman–Crippen MR) is 155 cm³/mol. The quantitative estimate of drug-likeness (QED) is 0.223. The van der Waals surface area contributed by atoms with Crippen LogP contribution in [0.25, 0.3) is 0 Å². The minimum atomic E-state index is -4.27. The Bertz CT molecular complexity index is 1450. The average molecular weight is 583 g/mol. The SMILES string of the molecule is CCCNC(=O)[C@H](CC)N(Cc1cccc(OC)c1)C(=O)CN(c1ccc([N+](=O)[O-])cc1)S(=O)(=O)c1ccccc1. The molecule has 12 heteroatoms. The van der Waals surface area contributed by atoms with Gasteiger partial charge in [0.15, 0.2) is 0 Å². The summed E-state index contributed by atoms with van der Waals surface area (Å²) in [5, 5.41) is 14.0. The Kier molecular flexibility index (Phi) is 10.8. The lowest BCUT2D eigenvalue weighted by molar-refractivity contribution is -0.384. The van der Waals surface area contributed by atoms with Crippen molar-refractivity contribution >= 4 is 33.2 Å². The van der Waals surface area contributed by atoms with Gasteiger partial charge in [0.05, 0.1) is 22.6 Å². The molecule has 0 aliphatic rings. The summed E-state index contributed by atoms with van der Waals surface area (Å²) < 4.78 is 33.8. The van der Waals surface area contributed by atoms with Gasteiger partial charge in [0.1, 0.15) is 18.3 Å². The Labute approximate surface area is 239 Å². The van der Waals surface area contributed by atoms with Crippen molar-refractivity contribution in [1.29, 1.82) is 0 Å².